The molecule has 0 unspecified atom stereocenters. The zero-order valence-electron chi connectivity index (χ0n) is 19.6. The molecule has 0 saturated heterocycles. The van der Waals surface area contributed by atoms with Gasteiger partial charge in [-0.15, -0.1) is 0 Å². The second kappa shape index (κ2) is 10.5. The van der Waals surface area contributed by atoms with Gasteiger partial charge in [0.05, 0.1) is 0 Å². The van der Waals surface area contributed by atoms with E-state index < -0.39 is 5.82 Å². The molecule has 1 amide bonds. The summed E-state index contributed by atoms with van der Waals surface area (Å²) in [6.45, 7) is 2.92. The first-order valence-corrected chi connectivity index (χ1v) is 11.1. The summed E-state index contributed by atoms with van der Waals surface area (Å²) in [5, 5.41) is 5.92. The van der Waals surface area contributed by atoms with Gasteiger partial charge in [-0.3, -0.25) is 4.79 Å². The Morgan fingerprint density at radius 3 is 2.38 bits per heavy atom. The van der Waals surface area contributed by atoms with Crippen LogP contribution in [0.1, 0.15) is 15.9 Å². The first kappa shape index (κ1) is 23.5. The lowest BCUT2D eigenvalue weighted by molar-refractivity contribution is 0.102. The first-order valence-electron chi connectivity index (χ1n) is 11.1. The molecule has 1 heterocycles. The molecule has 2 N–H and O–H groups in total. The molecule has 0 fully saturated rings. The van der Waals surface area contributed by atoms with E-state index in [-0.39, 0.29) is 12.7 Å². The third-order valence-corrected chi connectivity index (χ3v) is 5.41. The lowest BCUT2D eigenvalue weighted by Gasteiger charge is -2.19. The molecule has 0 spiro atoms. The van der Waals surface area contributed by atoms with E-state index >= 15 is 0 Å². The third kappa shape index (κ3) is 6.24. The largest absolute Gasteiger partial charge is 0.454 e. The van der Waals surface area contributed by atoms with Gasteiger partial charge in [0.1, 0.15) is 5.82 Å². The molecule has 1 aliphatic heterocycles. The van der Waals surface area contributed by atoms with Gasteiger partial charge >= 0.3 is 0 Å². The zero-order valence-corrected chi connectivity index (χ0v) is 19.6. The highest BCUT2D eigenvalue weighted by Crippen LogP contribution is 2.35. The smallest absolute Gasteiger partial charge is 0.255 e. The van der Waals surface area contributed by atoms with Crippen molar-refractivity contribution >= 4 is 23.0 Å². The molecule has 34 heavy (non-hydrogen) atoms. The highest BCUT2D eigenvalue weighted by molar-refractivity contribution is 6.04. The van der Waals surface area contributed by atoms with Gasteiger partial charge in [0.25, 0.3) is 5.91 Å². The molecule has 178 valence electrons. The van der Waals surface area contributed by atoms with Gasteiger partial charge in [0, 0.05) is 48.3 Å². The summed E-state index contributed by atoms with van der Waals surface area (Å²) in [5.41, 5.74) is 3.22. The predicted molar refractivity (Wildman–Crippen MR) is 132 cm³/mol. The monoisotopic (exact) mass is 464 g/mol. The van der Waals surface area contributed by atoms with Gasteiger partial charge in [0.15, 0.2) is 11.5 Å². The van der Waals surface area contributed by atoms with Crippen LogP contribution in [-0.4, -0.2) is 56.7 Å². The van der Waals surface area contributed by atoms with Crippen LogP contribution in [0.15, 0.2) is 60.7 Å². The first-order chi connectivity index (χ1) is 16.4. The van der Waals surface area contributed by atoms with Crippen molar-refractivity contribution in [3.05, 3.63) is 77.6 Å². The van der Waals surface area contributed by atoms with Gasteiger partial charge in [-0.2, -0.15) is 0 Å². The summed E-state index contributed by atoms with van der Waals surface area (Å²) in [7, 11) is 6.18. The van der Waals surface area contributed by atoms with Crippen molar-refractivity contribution in [3.63, 3.8) is 0 Å². The number of amides is 1. The molecular formula is C26H29FN4O3. The van der Waals surface area contributed by atoms with E-state index in [0.717, 1.165) is 30.9 Å². The van der Waals surface area contributed by atoms with Crippen LogP contribution in [0.4, 0.5) is 21.5 Å². The van der Waals surface area contributed by atoms with E-state index in [2.05, 4.69) is 41.6 Å². The Hall–Kier alpha value is -3.62. The zero-order chi connectivity index (χ0) is 24.1. The summed E-state index contributed by atoms with van der Waals surface area (Å²) in [6, 6.07) is 17.2. The Balaban J connectivity index is 1.38. The summed E-state index contributed by atoms with van der Waals surface area (Å²) >= 11 is 0. The molecule has 0 atom stereocenters. The number of hydrogen-bond acceptors (Lipinski definition) is 6. The second-order valence-electron chi connectivity index (χ2n) is 8.61. The number of carbonyl (C=O) groups is 1. The number of nitrogens with zero attached hydrogens (tertiary/aromatic N) is 2. The van der Waals surface area contributed by atoms with E-state index in [1.807, 2.05) is 18.2 Å². The number of likely N-dealkylation sites (N-methyl/N-ethyl adjacent to an activating group) is 2. The van der Waals surface area contributed by atoms with Gasteiger partial charge in [-0.1, -0.05) is 12.1 Å². The van der Waals surface area contributed by atoms with Crippen molar-refractivity contribution in [2.45, 2.75) is 6.54 Å². The average Bonchev–Trinajstić information content (AvgIpc) is 3.26. The van der Waals surface area contributed by atoms with Crippen molar-refractivity contribution in [2.24, 2.45) is 0 Å². The van der Waals surface area contributed by atoms with Crippen LogP contribution >= 0.6 is 0 Å². The second-order valence-corrected chi connectivity index (χ2v) is 8.61. The van der Waals surface area contributed by atoms with Crippen LogP contribution < -0.4 is 20.1 Å². The Bertz CT molecular complexity index is 1150. The molecule has 3 aromatic rings. The molecule has 8 heteroatoms. The topological polar surface area (TPSA) is 66.1 Å². The van der Waals surface area contributed by atoms with Crippen LogP contribution in [-0.2, 0) is 6.54 Å². The summed E-state index contributed by atoms with van der Waals surface area (Å²) < 4.78 is 24.9. The van der Waals surface area contributed by atoms with Crippen LogP contribution in [0.2, 0.25) is 0 Å². The quantitative estimate of drug-likeness (QED) is 0.485. The SMILES string of the molecule is CN(C)CCN(C)Cc1ccc(C(=O)Nc2cc(F)cc(Nc3ccc4c(c3)OCO4)c2)cc1. The minimum absolute atomic E-state index is 0.184. The van der Waals surface area contributed by atoms with Gasteiger partial charge < -0.3 is 29.9 Å². The Morgan fingerprint density at radius 1 is 0.882 bits per heavy atom. The molecule has 0 aliphatic carbocycles. The molecule has 3 aromatic carbocycles. The number of ether oxygens (including phenoxy) is 2. The number of carbonyl (C=O) groups excluding carboxylic acids is 1. The van der Waals surface area contributed by atoms with Crippen molar-refractivity contribution in [3.8, 4) is 11.5 Å². The maximum Gasteiger partial charge on any atom is 0.255 e. The Morgan fingerprint density at radius 2 is 1.62 bits per heavy atom. The van der Waals surface area contributed by atoms with Crippen molar-refractivity contribution in [1.29, 1.82) is 0 Å². The molecule has 0 radical (unpaired) electrons. The van der Waals surface area contributed by atoms with E-state index in [1.165, 1.54) is 12.1 Å². The maximum atomic E-state index is 14.2. The fraction of sp³-hybridized carbons (Fsp3) is 0.269. The fourth-order valence-corrected chi connectivity index (χ4v) is 3.60. The lowest BCUT2D eigenvalue weighted by Crippen LogP contribution is -2.28. The van der Waals surface area contributed by atoms with E-state index in [1.54, 1.807) is 30.3 Å². The normalized spacial score (nSPS) is 12.3. The van der Waals surface area contributed by atoms with Crippen molar-refractivity contribution in [2.75, 3.05) is 51.7 Å². The molecule has 4 rings (SSSR count). The summed E-state index contributed by atoms with van der Waals surface area (Å²) in [5.74, 6) is 0.538. The van der Waals surface area contributed by atoms with Crippen molar-refractivity contribution < 1.29 is 18.7 Å². The predicted octanol–water partition coefficient (Wildman–Crippen LogP) is 4.54. The van der Waals surface area contributed by atoms with E-state index in [0.29, 0.717) is 28.4 Å². The third-order valence-electron chi connectivity index (χ3n) is 5.41. The number of hydrogen-bond donors (Lipinski definition) is 2. The minimum atomic E-state index is -0.461. The fourth-order valence-electron chi connectivity index (χ4n) is 3.60. The van der Waals surface area contributed by atoms with Crippen LogP contribution in [0.5, 0.6) is 11.5 Å². The molecule has 1 aliphatic rings. The van der Waals surface area contributed by atoms with Gasteiger partial charge in [-0.05, 0) is 69.2 Å². The molecule has 0 aromatic heterocycles. The molecule has 0 saturated carbocycles. The van der Waals surface area contributed by atoms with Crippen molar-refractivity contribution in [1.82, 2.24) is 9.80 Å². The number of benzene rings is 3. The standard InChI is InChI=1S/C26H29FN4O3/c1-30(2)10-11-31(3)16-18-4-6-19(7-5-18)26(32)29-23-13-20(27)12-22(14-23)28-21-8-9-24-25(15-21)34-17-33-24/h4-9,12-15,28H,10-11,16-17H2,1-3H3,(H,29,32). The number of halogens is 1. The number of fused-ring (bicyclic) bond motifs is 1. The van der Waals surface area contributed by atoms with Crippen LogP contribution in [0, 0.1) is 5.82 Å². The highest BCUT2D eigenvalue weighted by Gasteiger charge is 2.14. The number of anilines is 3. The molecule has 0 bridgehead atoms. The van der Waals surface area contributed by atoms with Crippen LogP contribution in [0.3, 0.4) is 0 Å². The number of rotatable bonds is 9. The lowest BCUT2D eigenvalue weighted by atomic mass is 10.1. The summed E-state index contributed by atoms with van der Waals surface area (Å²) in [4.78, 5) is 17.1. The molecule has 7 nitrogen and oxygen atoms in total. The van der Waals surface area contributed by atoms with Gasteiger partial charge in [-0.25, -0.2) is 4.39 Å². The maximum absolute atomic E-state index is 14.2. The molecular weight excluding hydrogens is 435 g/mol. The van der Waals surface area contributed by atoms with Crippen LogP contribution in [0.25, 0.3) is 0 Å². The Labute approximate surface area is 199 Å². The Kier molecular flexibility index (Phi) is 7.30. The van der Waals surface area contributed by atoms with E-state index in [9.17, 15) is 9.18 Å². The summed E-state index contributed by atoms with van der Waals surface area (Å²) in [6.07, 6.45) is 0. The van der Waals surface area contributed by atoms with E-state index in [4.69, 9.17) is 9.47 Å². The number of nitrogens with one attached hydrogen (secondary N) is 2. The average molecular weight is 465 g/mol. The highest BCUT2D eigenvalue weighted by atomic mass is 19.1. The van der Waals surface area contributed by atoms with Gasteiger partial charge in [0.2, 0.25) is 6.79 Å². The minimum Gasteiger partial charge on any atom is -0.454 e.